The highest BCUT2D eigenvalue weighted by Gasteiger charge is 2.12. The molecule has 1 unspecified atom stereocenters. The molecule has 0 spiro atoms. The zero-order valence-electron chi connectivity index (χ0n) is 9.01. The van der Waals surface area contributed by atoms with Gasteiger partial charge in [0.05, 0.1) is 17.9 Å². The van der Waals surface area contributed by atoms with E-state index in [2.05, 4.69) is 20.7 Å². The van der Waals surface area contributed by atoms with Crippen LogP contribution in [-0.2, 0) is 6.42 Å². The predicted molar refractivity (Wildman–Crippen MR) is 60.0 cm³/mol. The number of aromatic amines is 1. The zero-order valence-corrected chi connectivity index (χ0v) is 9.01. The van der Waals surface area contributed by atoms with E-state index in [0.717, 1.165) is 17.7 Å². The van der Waals surface area contributed by atoms with Gasteiger partial charge < -0.3 is 10.4 Å². The summed E-state index contributed by atoms with van der Waals surface area (Å²) >= 11 is 0. The van der Waals surface area contributed by atoms with Crippen molar-refractivity contribution in [1.29, 1.82) is 0 Å². The summed E-state index contributed by atoms with van der Waals surface area (Å²) in [7, 11) is 1.89. The van der Waals surface area contributed by atoms with Crippen LogP contribution in [0.5, 0.6) is 5.75 Å². The Labute approximate surface area is 93.5 Å². The first-order valence-electron chi connectivity index (χ1n) is 5.10. The fourth-order valence-electron chi connectivity index (χ4n) is 1.60. The molecule has 3 N–H and O–H groups in total. The molecule has 2 rings (SSSR count). The van der Waals surface area contributed by atoms with Crippen LogP contribution in [0.15, 0.2) is 30.5 Å². The van der Waals surface area contributed by atoms with Gasteiger partial charge in [-0.15, -0.1) is 0 Å². The van der Waals surface area contributed by atoms with Gasteiger partial charge in [-0.25, -0.2) is 0 Å². The van der Waals surface area contributed by atoms with E-state index >= 15 is 0 Å². The number of likely N-dealkylation sites (N-methyl/N-ethyl adjacent to an activating group) is 1. The normalized spacial score (nSPS) is 12.6. The van der Waals surface area contributed by atoms with Crippen molar-refractivity contribution in [2.45, 2.75) is 12.5 Å². The molecule has 0 aliphatic rings. The van der Waals surface area contributed by atoms with Gasteiger partial charge in [0.1, 0.15) is 5.75 Å². The number of aromatic hydroxyl groups is 1. The number of phenols is 1. The Morgan fingerprint density at radius 2 is 2.12 bits per heavy atom. The van der Waals surface area contributed by atoms with Crippen LogP contribution >= 0.6 is 0 Å². The number of nitrogens with one attached hydrogen (secondary N) is 2. The molecule has 0 saturated carbocycles. The van der Waals surface area contributed by atoms with Crippen molar-refractivity contribution >= 4 is 0 Å². The Bertz CT molecular complexity index is 424. The van der Waals surface area contributed by atoms with Gasteiger partial charge in [-0.3, -0.25) is 0 Å². The average molecular weight is 218 g/mol. The van der Waals surface area contributed by atoms with E-state index < -0.39 is 0 Å². The van der Waals surface area contributed by atoms with Gasteiger partial charge in [0.2, 0.25) is 0 Å². The largest absolute Gasteiger partial charge is 0.508 e. The van der Waals surface area contributed by atoms with E-state index in [-0.39, 0.29) is 11.8 Å². The maximum absolute atomic E-state index is 9.19. The quantitative estimate of drug-likeness (QED) is 0.716. The SMILES string of the molecule is CNC(Cc1ccc(O)cc1)c1cn[nH]n1. The van der Waals surface area contributed by atoms with Crippen LogP contribution in [0.25, 0.3) is 0 Å². The second-order valence-electron chi connectivity index (χ2n) is 3.61. The van der Waals surface area contributed by atoms with Crippen molar-refractivity contribution in [3.8, 4) is 5.75 Å². The van der Waals surface area contributed by atoms with E-state index in [1.807, 2.05) is 19.2 Å². The Hall–Kier alpha value is -1.88. The van der Waals surface area contributed by atoms with Crippen molar-refractivity contribution in [2.24, 2.45) is 0 Å². The number of benzene rings is 1. The van der Waals surface area contributed by atoms with Gasteiger partial charge in [0, 0.05) is 0 Å². The van der Waals surface area contributed by atoms with E-state index in [1.54, 1.807) is 18.3 Å². The second-order valence-corrected chi connectivity index (χ2v) is 3.61. The van der Waals surface area contributed by atoms with E-state index in [1.165, 1.54) is 0 Å². The topological polar surface area (TPSA) is 73.8 Å². The number of hydrogen-bond donors (Lipinski definition) is 3. The van der Waals surface area contributed by atoms with E-state index in [9.17, 15) is 5.11 Å². The average Bonchev–Trinajstić information content (AvgIpc) is 2.82. The third-order valence-corrected chi connectivity index (χ3v) is 2.52. The highest BCUT2D eigenvalue weighted by molar-refractivity contribution is 5.27. The minimum absolute atomic E-state index is 0.128. The van der Waals surface area contributed by atoms with Crippen LogP contribution in [0.3, 0.4) is 0 Å². The standard InChI is InChI=1S/C11H14N4O/c1-12-10(11-7-13-15-14-11)6-8-2-4-9(16)5-3-8/h2-5,7,10,12,16H,6H2,1H3,(H,13,14,15). The van der Waals surface area contributed by atoms with Gasteiger partial charge in [-0.05, 0) is 31.2 Å². The van der Waals surface area contributed by atoms with Gasteiger partial charge in [-0.1, -0.05) is 12.1 Å². The Morgan fingerprint density at radius 3 is 2.69 bits per heavy atom. The van der Waals surface area contributed by atoms with Crippen molar-refractivity contribution in [3.05, 3.63) is 41.7 Å². The van der Waals surface area contributed by atoms with E-state index in [4.69, 9.17) is 0 Å². The molecule has 5 nitrogen and oxygen atoms in total. The molecule has 1 atom stereocenters. The molecule has 0 fully saturated rings. The summed E-state index contributed by atoms with van der Waals surface area (Å²) in [6.45, 7) is 0. The summed E-state index contributed by atoms with van der Waals surface area (Å²) in [4.78, 5) is 0. The predicted octanol–water partition coefficient (Wildman–Crippen LogP) is 1.01. The molecule has 16 heavy (non-hydrogen) atoms. The monoisotopic (exact) mass is 218 g/mol. The first kappa shape index (κ1) is 10.6. The van der Waals surface area contributed by atoms with Gasteiger partial charge in [-0.2, -0.15) is 15.4 Å². The van der Waals surface area contributed by atoms with Crippen LogP contribution < -0.4 is 5.32 Å². The van der Waals surface area contributed by atoms with Crippen LogP contribution in [0.4, 0.5) is 0 Å². The lowest BCUT2D eigenvalue weighted by atomic mass is 10.0. The Morgan fingerprint density at radius 1 is 1.38 bits per heavy atom. The number of H-pyrrole nitrogens is 1. The van der Waals surface area contributed by atoms with Gasteiger partial charge in [0.25, 0.3) is 0 Å². The summed E-state index contributed by atoms with van der Waals surface area (Å²) in [5, 5.41) is 22.8. The molecule has 2 aromatic rings. The van der Waals surface area contributed by atoms with Gasteiger partial charge in [0.15, 0.2) is 0 Å². The summed E-state index contributed by atoms with van der Waals surface area (Å²) in [5.74, 6) is 0.284. The number of hydrogen-bond acceptors (Lipinski definition) is 4. The highest BCUT2D eigenvalue weighted by Crippen LogP contribution is 2.17. The van der Waals surface area contributed by atoms with Gasteiger partial charge >= 0.3 is 0 Å². The molecule has 0 radical (unpaired) electrons. The lowest BCUT2D eigenvalue weighted by molar-refractivity contribution is 0.474. The molecule has 0 bridgehead atoms. The van der Waals surface area contributed by atoms with Crippen LogP contribution in [0.2, 0.25) is 0 Å². The lowest BCUT2D eigenvalue weighted by Crippen LogP contribution is -2.19. The van der Waals surface area contributed by atoms with Crippen LogP contribution in [0, 0.1) is 0 Å². The summed E-state index contributed by atoms with van der Waals surface area (Å²) < 4.78 is 0. The molecule has 0 aliphatic carbocycles. The molecule has 0 amide bonds. The molecule has 0 saturated heterocycles. The third-order valence-electron chi connectivity index (χ3n) is 2.52. The maximum atomic E-state index is 9.19. The Kier molecular flexibility index (Phi) is 3.16. The summed E-state index contributed by atoms with van der Waals surface area (Å²) in [6.07, 6.45) is 2.52. The van der Waals surface area contributed by atoms with Crippen LogP contribution in [0.1, 0.15) is 17.3 Å². The number of aromatic nitrogens is 3. The second kappa shape index (κ2) is 4.76. The molecule has 1 aromatic heterocycles. The van der Waals surface area contributed by atoms with Crippen LogP contribution in [-0.4, -0.2) is 27.6 Å². The number of rotatable bonds is 4. The molecular formula is C11H14N4O. The van der Waals surface area contributed by atoms with E-state index in [0.29, 0.717) is 0 Å². The minimum atomic E-state index is 0.128. The summed E-state index contributed by atoms with van der Waals surface area (Å²) in [6, 6.07) is 7.30. The zero-order chi connectivity index (χ0) is 11.4. The number of phenolic OH excluding ortho intramolecular Hbond substituents is 1. The highest BCUT2D eigenvalue weighted by atomic mass is 16.3. The first-order chi connectivity index (χ1) is 7.79. The van der Waals surface area contributed by atoms with Crippen molar-refractivity contribution in [2.75, 3.05) is 7.05 Å². The summed E-state index contributed by atoms with van der Waals surface area (Å²) in [5.41, 5.74) is 2.02. The van der Waals surface area contributed by atoms with Crippen molar-refractivity contribution < 1.29 is 5.11 Å². The molecule has 84 valence electrons. The van der Waals surface area contributed by atoms with Crippen molar-refractivity contribution in [1.82, 2.24) is 20.7 Å². The molecule has 1 aromatic carbocycles. The Balaban J connectivity index is 2.10. The third kappa shape index (κ3) is 2.38. The fraction of sp³-hybridized carbons (Fsp3) is 0.273. The smallest absolute Gasteiger partial charge is 0.115 e. The maximum Gasteiger partial charge on any atom is 0.115 e. The fourth-order valence-corrected chi connectivity index (χ4v) is 1.60. The molecule has 1 heterocycles. The lowest BCUT2D eigenvalue weighted by Gasteiger charge is -2.12. The number of nitrogens with zero attached hydrogens (tertiary/aromatic N) is 2. The molecule has 5 heteroatoms. The molecular weight excluding hydrogens is 204 g/mol. The van der Waals surface area contributed by atoms with Crippen molar-refractivity contribution in [3.63, 3.8) is 0 Å². The molecule has 0 aliphatic heterocycles. The minimum Gasteiger partial charge on any atom is -0.508 e. The first-order valence-corrected chi connectivity index (χ1v) is 5.10.